The Morgan fingerprint density at radius 2 is 2.36 bits per heavy atom. The molecule has 0 radical (unpaired) electrons. The van der Waals surface area contributed by atoms with Crippen LogP contribution in [-0.4, -0.2) is 15.9 Å². The van der Waals surface area contributed by atoms with Crippen molar-refractivity contribution in [3.63, 3.8) is 0 Å². The summed E-state index contributed by atoms with van der Waals surface area (Å²) < 4.78 is 0. The summed E-state index contributed by atoms with van der Waals surface area (Å²) >= 11 is 0. The van der Waals surface area contributed by atoms with Crippen LogP contribution in [0.4, 0.5) is 0 Å². The third-order valence-corrected chi connectivity index (χ3v) is 1.98. The van der Waals surface area contributed by atoms with Gasteiger partial charge in [0, 0.05) is 18.2 Å². The van der Waals surface area contributed by atoms with Crippen LogP contribution in [0.25, 0.3) is 0 Å². The Kier molecular flexibility index (Phi) is 3.54. The first-order valence-electron chi connectivity index (χ1n) is 4.47. The third kappa shape index (κ3) is 2.26. The van der Waals surface area contributed by atoms with Crippen molar-refractivity contribution in [2.45, 2.75) is 19.4 Å². The largest absolute Gasteiger partial charge is 0.382 e. The van der Waals surface area contributed by atoms with Gasteiger partial charge in [0.25, 0.3) is 0 Å². The molecule has 3 nitrogen and oxygen atoms in total. The normalized spacial score (nSPS) is 12.1. The van der Waals surface area contributed by atoms with Crippen molar-refractivity contribution >= 4 is 5.78 Å². The second-order valence-electron chi connectivity index (χ2n) is 2.96. The van der Waals surface area contributed by atoms with Gasteiger partial charge >= 0.3 is 0 Å². The lowest BCUT2D eigenvalue weighted by atomic mass is 10.0. The third-order valence-electron chi connectivity index (χ3n) is 1.98. The molecule has 1 aromatic heterocycles. The smallest absolute Gasteiger partial charge is 0.161 e. The average Bonchev–Trinajstić information content (AvgIpc) is 2.27. The molecule has 0 saturated carbocycles. The zero-order valence-corrected chi connectivity index (χ0v) is 8.10. The van der Waals surface area contributed by atoms with Gasteiger partial charge in [-0.25, -0.2) is 0 Å². The van der Waals surface area contributed by atoms with Crippen molar-refractivity contribution < 1.29 is 9.90 Å². The number of carbonyl (C=O) groups is 1. The molecule has 0 amide bonds. The van der Waals surface area contributed by atoms with Gasteiger partial charge in [-0.1, -0.05) is 19.6 Å². The number of nitrogens with zero attached hydrogens (tertiary/aromatic N) is 1. The molecule has 1 atom stereocenters. The van der Waals surface area contributed by atoms with E-state index in [1.807, 2.05) is 0 Å². The molecule has 0 aliphatic carbocycles. The van der Waals surface area contributed by atoms with Gasteiger partial charge in [-0.15, -0.1) is 0 Å². The monoisotopic (exact) mass is 191 g/mol. The number of hydrogen-bond donors (Lipinski definition) is 1. The number of carbonyl (C=O) groups excluding carboxylic acids is 1. The molecule has 1 aromatic rings. The molecule has 0 spiro atoms. The highest BCUT2D eigenvalue weighted by Crippen LogP contribution is 2.19. The molecule has 0 aromatic carbocycles. The van der Waals surface area contributed by atoms with E-state index < -0.39 is 6.10 Å². The first kappa shape index (κ1) is 10.6. The fraction of sp³-hybridized carbons (Fsp3) is 0.273. The predicted octanol–water partition coefficient (Wildman–Crippen LogP) is 1.65. The summed E-state index contributed by atoms with van der Waals surface area (Å²) in [6, 6.07) is 5.18. The Hall–Kier alpha value is -1.48. The van der Waals surface area contributed by atoms with E-state index in [0.29, 0.717) is 12.1 Å². The Labute approximate surface area is 83.1 Å². The van der Waals surface area contributed by atoms with E-state index in [4.69, 9.17) is 0 Å². The van der Waals surface area contributed by atoms with Crippen LogP contribution in [0.1, 0.15) is 25.1 Å². The van der Waals surface area contributed by atoms with Crippen molar-refractivity contribution in [3.05, 3.63) is 42.2 Å². The molecule has 1 heterocycles. The molecule has 0 fully saturated rings. The summed E-state index contributed by atoms with van der Waals surface area (Å²) in [5.74, 6) is -0.136. The highest BCUT2D eigenvalue weighted by atomic mass is 16.3. The summed E-state index contributed by atoms with van der Waals surface area (Å²) in [6.07, 6.45) is 0.939. The first-order chi connectivity index (χ1) is 6.66. The molecule has 0 aliphatic heterocycles. The van der Waals surface area contributed by atoms with Gasteiger partial charge in [-0.2, -0.15) is 0 Å². The van der Waals surface area contributed by atoms with Crippen molar-refractivity contribution in [2.75, 3.05) is 0 Å². The van der Waals surface area contributed by atoms with Crippen LogP contribution in [0.5, 0.6) is 0 Å². The van der Waals surface area contributed by atoms with Crippen LogP contribution in [0.2, 0.25) is 0 Å². The fourth-order valence-corrected chi connectivity index (χ4v) is 1.10. The maximum atomic E-state index is 11.2. The number of rotatable bonds is 4. The van der Waals surface area contributed by atoms with Gasteiger partial charge < -0.3 is 5.11 Å². The topological polar surface area (TPSA) is 50.2 Å². The second kappa shape index (κ2) is 4.67. The van der Waals surface area contributed by atoms with Crippen molar-refractivity contribution in [1.82, 2.24) is 4.98 Å². The van der Waals surface area contributed by atoms with E-state index in [-0.39, 0.29) is 11.4 Å². The molecule has 0 bridgehead atoms. The fourth-order valence-electron chi connectivity index (χ4n) is 1.10. The number of aliphatic hydroxyl groups excluding tert-OH is 1. The van der Waals surface area contributed by atoms with Gasteiger partial charge in [-0.05, 0) is 12.1 Å². The first-order valence-corrected chi connectivity index (χ1v) is 4.47. The molecule has 3 heteroatoms. The maximum absolute atomic E-state index is 11.2. The number of Topliss-reactive ketones (excluding diaryl/α,β-unsaturated/α-hetero) is 1. The zero-order chi connectivity index (χ0) is 10.6. The number of aromatic nitrogens is 1. The molecule has 0 aliphatic rings. The maximum Gasteiger partial charge on any atom is 0.161 e. The van der Waals surface area contributed by atoms with Crippen LogP contribution in [0.15, 0.2) is 36.5 Å². The van der Waals surface area contributed by atoms with E-state index in [2.05, 4.69) is 11.6 Å². The van der Waals surface area contributed by atoms with E-state index >= 15 is 0 Å². The molecule has 14 heavy (non-hydrogen) atoms. The van der Waals surface area contributed by atoms with Crippen LogP contribution in [-0.2, 0) is 4.79 Å². The number of aliphatic hydroxyl groups is 1. The number of hydrogen-bond acceptors (Lipinski definition) is 3. The lowest BCUT2D eigenvalue weighted by molar-refractivity contribution is -0.116. The predicted molar refractivity (Wildman–Crippen MR) is 53.6 cm³/mol. The molecule has 74 valence electrons. The van der Waals surface area contributed by atoms with Gasteiger partial charge in [0.05, 0.1) is 5.69 Å². The van der Waals surface area contributed by atoms with Crippen LogP contribution < -0.4 is 0 Å². The molecule has 1 rings (SSSR count). The summed E-state index contributed by atoms with van der Waals surface area (Å²) in [6.45, 7) is 5.30. The SMILES string of the molecule is C=C(C(=O)CC)[C@H](O)c1ccccn1. The van der Waals surface area contributed by atoms with Crippen LogP contribution >= 0.6 is 0 Å². The van der Waals surface area contributed by atoms with Gasteiger partial charge in [-0.3, -0.25) is 9.78 Å². The summed E-state index contributed by atoms with van der Waals surface area (Å²) in [5, 5.41) is 9.71. The Bertz CT molecular complexity index is 332. The summed E-state index contributed by atoms with van der Waals surface area (Å²) in [7, 11) is 0. The van der Waals surface area contributed by atoms with Crippen molar-refractivity contribution in [1.29, 1.82) is 0 Å². The lowest BCUT2D eigenvalue weighted by Gasteiger charge is -2.10. The highest BCUT2D eigenvalue weighted by Gasteiger charge is 2.17. The van der Waals surface area contributed by atoms with E-state index in [9.17, 15) is 9.90 Å². The second-order valence-corrected chi connectivity index (χ2v) is 2.96. The Balaban J connectivity index is 2.81. The minimum Gasteiger partial charge on any atom is -0.382 e. The minimum absolute atomic E-state index is 0.136. The lowest BCUT2D eigenvalue weighted by Crippen LogP contribution is -2.10. The molecular formula is C11H13NO2. The minimum atomic E-state index is -0.983. The zero-order valence-electron chi connectivity index (χ0n) is 8.10. The van der Waals surface area contributed by atoms with Crippen molar-refractivity contribution in [2.24, 2.45) is 0 Å². The summed E-state index contributed by atoms with van der Waals surface area (Å²) in [5.41, 5.74) is 0.658. The Morgan fingerprint density at radius 3 is 2.86 bits per heavy atom. The molecule has 1 N–H and O–H groups in total. The van der Waals surface area contributed by atoms with E-state index in [1.54, 1.807) is 31.3 Å². The van der Waals surface area contributed by atoms with Crippen LogP contribution in [0, 0.1) is 0 Å². The van der Waals surface area contributed by atoms with Gasteiger partial charge in [0.1, 0.15) is 6.10 Å². The van der Waals surface area contributed by atoms with E-state index in [0.717, 1.165) is 0 Å². The van der Waals surface area contributed by atoms with Crippen molar-refractivity contribution in [3.8, 4) is 0 Å². The standard InChI is InChI=1S/C11H13NO2/c1-3-10(13)8(2)11(14)9-6-4-5-7-12-9/h4-7,11,14H,2-3H2,1H3/t11-/m0/s1. The quantitative estimate of drug-likeness (QED) is 0.736. The van der Waals surface area contributed by atoms with E-state index in [1.165, 1.54) is 0 Å². The van der Waals surface area contributed by atoms with Gasteiger partial charge in [0.15, 0.2) is 5.78 Å². The van der Waals surface area contributed by atoms with Gasteiger partial charge in [0.2, 0.25) is 0 Å². The Morgan fingerprint density at radius 1 is 1.64 bits per heavy atom. The van der Waals surface area contributed by atoms with Crippen LogP contribution in [0.3, 0.4) is 0 Å². The molecular weight excluding hydrogens is 178 g/mol. The molecule has 0 saturated heterocycles. The summed E-state index contributed by atoms with van der Waals surface area (Å²) in [4.78, 5) is 15.2. The average molecular weight is 191 g/mol. The molecule has 0 unspecified atom stereocenters. The highest BCUT2D eigenvalue weighted by molar-refractivity contribution is 5.95. The number of ketones is 1. The number of pyridine rings is 1.